The topological polar surface area (TPSA) is 26.3 Å². The van der Waals surface area contributed by atoms with Crippen LogP contribution in [0, 0.1) is 11.3 Å². The van der Waals surface area contributed by atoms with E-state index in [2.05, 4.69) is 43.0 Å². The van der Waals surface area contributed by atoms with E-state index in [1.54, 1.807) is 0 Å². The lowest BCUT2D eigenvalue weighted by molar-refractivity contribution is -0.148. The summed E-state index contributed by atoms with van der Waals surface area (Å²) in [6, 6.07) is 14.8. The number of fused-ring (bicyclic) bond motifs is 2. The highest BCUT2D eigenvalue weighted by atomic mass is 16.6. The number of hydrogen-bond acceptors (Lipinski definition) is 2. The lowest BCUT2D eigenvalue weighted by Gasteiger charge is -2.25. The van der Waals surface area contributed by atoms with Crippen LogP contribution in [-0.4, -0.2) is 12.1 Å². The van der Waals surface area contributed by atoms with E-state index in [9.17, 15) is 4.79 Å². The van der Waals surface area contributed by atoms with E-state index < -0.39 is 0 Å². The first kappa shape index (κ1) is 13.6. The van der Waals surface area contributed by atoms with E-state index >= 15 is 0 Å². The van der Waals surface area contributed by atoms with Gasteiger partial charge < -0.3 is 4.74 Å². The predicted octanol–water partition coefficient (Wildman–Crippen LogP) is 4.28. The summed E-state index contributed by atoms with van der Waals surface area (Å²) in [5.41, 5.74) is 2.01. The van der Waals surface area contributed by atoms with E-state index in [1.165, 1.54) is 21.9 Å². The molecule has 0 unspecified atom stereocenters. The highest BCUT2D eigenvalue weighted by molar-refractivity contribution is 5.84. The molecule has 2 fully saturated rings. The van der Waals surface area contributed by atoms with Gasteiger partial charge in [0.05, 0.1) is 5.41 Å². The van der Waals surface area contributed by atoms with Gasteiger partial charge in [0.2, 0.25) is 0 Å². The molecule has 0 bridgehead atoms. The summed E-state index contributed by atoms with van der Waals surface area (Å²) >= 11 is 0. The van der Waals surface area contributed by atoms with Gasteiger partial charge >= 0.3 is 5.97 Å². The lowest BCUT2D eigenvalue weighted by Crippen LogP contribution is -2.32. The van der Waals surface area contributed by atoms with Crippen molar-refractivity contribution < 1.29 is 9.53 Å². The molecule has 112 valence electrons. The molecule has 0 amide bonds. The molecule has 1 saturated heterocycles. The summed E-state index contributed by atoms with van der Waals surface area (Å²) < 4.78 is 5.56. The van der Waals surface area contributed by atoms with Crippen LogP contribution in [0.2, 0.25) is 0 Å². The molecular formula is C20H20O2. The molecule has 2 nitrogen and oxygen atoms in total. The van der Waals surface area contributed by atoms with Gasteiger partial charge in [-0.2, -0.15) is 0 Å². The minimum atomic E-state index is -0.390. The SMILES string of the molecule is C=C1C[C@@H]2[C@@H](C)OC(=O)[C@@]2(Cc2ccc3ccccc3c2)C1. The second kappa shape index (κ2) is 4.70. The van der Waals surface area contributed by atoms with Crippen molar-refractivity contribution in [1.82, 2.24) is 0 Å². The number of rotatable bonds is 2. The van der Waals surface area contributed by atoms with Gasteiger partial charge in [-0.05, 0) is 42.5 Å². The van der Waals surface area contributed by atoms with Crippen molar-refractivity contribution in [2.24, 2.45) is 11.3 Å². The number of allylic oxidation sites excluding steroid dienone is 1. The number of carbonyl (C=O) groups is 1. The van der Waals surface area contributed by atoms with Crippen molar-refractivity contribution >= 4 is 16.7 Å². The Kier molecular flexibility index (Phi) is 2.90. The highest BCUT2D eigenvalue weighted by Gasteiger charge is 2.58. The van der Waals surface area contributed by atoms with Gasteiger partial charge in [-0.25, -0.2) is 0 Å². The fraction of sp³-hybridized carbons (Fsp3) is 0.350. The molecule has 3 atom stereocenters. The molecule has 2 aliphatic rings. The van der Waals surface area contributed by atoms with Crippen LogP contribution in [0.15, 0.2) is 54.6 Å². The van der Waals surface area contributed by atoms with Crippen molar-refractivity contribution in [1.29, 1.82) is 0 Å². The summed E-state index contributed by atoms with van der Waals surface area (Å²) in [5, 5.41) is 2.46. The lowest BCUT2D eigenvalue weighted by atomic mass is 9.73. The average Bonchev–Trinajstić information content (AvgIpc) is 2.94. The van der Waals surface area contributed by atoms with Crippen molar-refractivity contribution in [3.8, 4) is 0 Å². The molecular weight excluding hydrogens is 272 g/mol. The van der Waals surface area contributed by atoms with E-state index in [0.717, 1.165) is 19.3 Å². The molecule has 2 aromatic rings. The van der Waals surface area contributed by atoms with Gasteiger partial charge in [-0.1, -0.05) is 54.6 Å². The van der Waals surface area contributed by atoms with E-state index in [4.69, 9.17) is 4.74 Å². The highest BCUT2D eigenvalue weighted by Crippen LogP contribution is 2.55. The van der Waals surface area contributed by atoms with Crippen molar-refractivity contribution in [2.45, 2.75) is 32.3 Å². The first-order valence-electron chi connectivity index (χ1n) is 7.94. The molecule has 1 aliphatic carbocycles. The number of cyclic esters (lactones) is 1. The zero-order chi connectivity index (χ0) is 15.3. The predicted molar refractivity (Wildman–Crippen MR) is 87.5 cm³/mol. The minimum Gasteiger partial charge on any atom is -0.462 e. The van der Waals surface area contributed by atoms with Gasteiger partial charge in [-0.15, -0.1) is 0 Å². The van der Waals surface area contributed by atoms with E-state index in [-0.39, 0.29) is 23.4 Å². The summed E-state index contributed by atoms with van der Waals surface area (Å²) in [7, 11) is 0. The minimum absolute atomic E-state index is 0.00667. The second-order valence-electron chi connectivity index (χ2n) is 6.86. The number of hydrogen-bond donors (Lipinski definition) is 0. The molecule has 4 rings (SSSR count). The molecule has 1 saturated carbocycles. The van der Waals surface area contributed by atoms with Crippen LogP contribution >= 0.6 is 0 Å². The Morgan fingerprint density at radius 2 is 2.00 bits per heavy atom. The molecule has 0 radical (unpaired) electrons. The summed E-state index contributed by atoms with van der Waals surface area (Å²) in [5.74, 6) is 0.246. The molecule has 0 spiro atoms. The Morgan fingerprint density at radius 3 is 2.82 bits per heavy atom. The molecule has 1 aliphatic heterocycles. The van der Waals surface area contributed by atoms with Gasteiger partial charge in [-0.3, -0.25) is 4.79 Å². The Morgan fingerprint density at radius 1 is 1.23 bits per heavy atom. The molecule has 1 heterocycles. The molecule has 2 heteroatoms. The van der Waals surface area contributed by atoms with E-state index in [1.807, 2.05) is 13.0 Å². The van der Waals surface area contributed by atoms with Crippen LogP contribution in [0.1, 0.15) is 25.3 Å². The number of esters is 1. The van der Waals surface area contributed by atoms with Crippen LogP contribution in [-0.2, 0) is 16.0 Å². The Bertz CT molecular complexity index is 776. The summed E-state index contributed by atoms with van der Waals surface area (Å²) in [4.78, 5) is 12.5. The van der Waals surface area contributed by atoms with E-state index in [0.29, 0.717) is 0 Å². The Balaban J connectivity index is 1.73. The van der Waals surface area contributed by atoms with Gasteiger partial charge in [0, 0.05) is 5.92 Å². The van der Waals surface area contributed by atoms with Gasteiger partial charge in [0.25, 0.3) is 0 Å². The van der Waals surface area contributed by atoms with Crippen molar-refractivity contribution in [3.63, 3.8) is 0 Å². The van der Waals surface area contributed by atoms with Crippen LogP contribution in [0.4, 0.5) is 0 Å². The standard InChI is InChI=1S/C20H20O2/c1-13-9-18-14(2)22-19(21)20(18,11-13)12-15-7-8-16-5-3-4-6-17(16)10-15/h3-8,10,14,18H,1,9,11-12H2,2H3/t14-,18-,20-/m1/s1. The molecule has 2 aromatic carbocycles. The first-order valence-corrected chi connectivity index (χ1v) is 7.94. The Labute approximate surface area is 130 Å². The van der Waals surface area contributed by atoms with Crippen molar-refractivity contribution in [2.75, 3.05) is 0 Å². The zero-order valence-corrected chi connectivity index (χ0v) is 12.8. The molecule has 0 aromatic heterocycles. The fourth-order valence-corrected chi connectivity index (χ4v) is 4.34. The molecule has 0 N–H and O–H groups in total. The third kappa shape index (κ3) is 1.90. The second-order valence-corrected chi connectivity index (χ2v) is 6.86. The summed E-state index contributed by atoms with van der Waals surface area (Å²) in [6.07, 6.45) is 2.45. The largest absolute Gasteiger partial charge is 0.462 e. The number of carbonyl (C=O) groups excluding carboxylic acids is 1. The smallest absolute Gasteiger partial charge is 0.313 e. The average molecular weight is 292 g/mol. The van der Waals surface area contributed by atoms with Crippen LogP contribution in [0.3, 0.4) is 0 Å². The van der Waals surface area contributed by atoms with Gasteiger partial charge in [0.15, 0.2) is 0 Å². The third-order valence-electron chi connectivity index (χ3n) is 5.38. The number of ether oxygens (including phenoxy) is 1. The third-order valence-corrected chi connectivity index (χ3v) is 5.38. The van der Waals surface area contributed by atoms with Crippen LogP contribution in [0.5, 0.6) is 0 Å². The zero-order valence-electron chi connectivity index (χ0n) is 12.8. The van der Waals surface area contributed by atoms with Crippen molar-refractivity contribution in [3.05, 3.63) is 60.2 Å². The first-order chi connectivity index (χ1) is 10.6. The van der Waals surface area contributed by atoms with Crippen LogP contribution in [0.25, 0.3) is 10.8 Å². The quantitative estimate of drug-likeness (QED) is 0.610. The maximum absolute atomic E-state index is 12.5. The van der Waals surface area contributed by atoms with Gasteiger partial charge in [0.1, 0.15) is 6.10 Å². The fourth-order valence-electron chi connectivity index (χ4n) is 4.34. The maximum Gasteiger partial charge on any atom is 0.313 e. The monoisotopic (exact) mass is 292 g/mol. The molecule has 22 heavy (non-hydrogen) atoms. The number of benzene rings is 2. The van der Waals surface area contributed by atoms with Crippen LogP contribution < -0.4 is 0 Å². The normalized spacial score (nSPS) is 30.6. The Hall–Kier alpha value is -2.09. The maximum atomic E-state index is 12.5. The summed E-state index contributed by atoms with van der Waals surface area (Å²) in [6.45, 7) is 6.15.